The van der Waals surface area contributed by atoms with E-state index in [1.54, 1.807) is 0 Å². The van der Waals surface area contributed by atoms with Crippen LogP contribution in [0.15, 0.2) is 24.3 Å². The zero-order chi connectivity index (χ0) is 15.0. The van der Waals surface area contributed by atoms with E-state index >= 15 is 0 Å². The van der Waals surface area contributed by atoms with Crippen LogP contribution in [-0.2, 0) is 12.8 Å². The van der Waals surface area contributed by atoms with Gasteiger partial charge in [0.2, 0.25) is 0 Å². The Morgan fingerprint density at radius 3 is 1.95 bits per heavy atom. The Kier molecular flexibility index (Phi) is 7.20. The average Bonchev–Trinajstić information content (AvgIpc) is 2.46. The molecule has 0 heterocycles. The Hall–Kier alpha value is -0.900. The second-order valence-electron chi connectivity index (χ2n) is 6.28. The van der Waals surface area contributed by atoms with Crippen molar-refractivity contribution in [2.75, 3.05) is 13.2 Å². The van der Waals surface area contributed by atoms with Crippen LogP contribution >= 0.6 is 0 Å². The van der Waals surface area contributed by atoms with Gasteiger partial charge in [0.05, 0.1) is 18.8 Å². The molecule has 0 spiro atoms. The maximum absolute atomic E-state index is 9.16. The normalized spacial score (nSPS) is 12.1. The fourth-order valence-electron chi connectivity index (χ4n) is 2.19. The molecule has 3 heteroatoms. The van der Waals surface area contributed by atoms with E-state index in [1.807, 2.05) is 0 Å². The molecule has 1 rings (SSSR count). The third-order valence-electron chi connectivity index (χ3n) is 3.81. The van der Waals surface area contributed by atoms with Crippen LogP contribution in [0.1, 0.15) is 44.2 Å². The zero-order valence-corrected chi connectivity index (χ0v) is 12.8. The first-order valence-corrected chi connectivity index (χ1v) is 7.57. The second kappa shape index (κ2) is 8.40. The van der Waals surface area contributed by atoms with E-state index in [9.17, 15) is 0 Å². The number of hydrogen-bond donors (Lipinski definition) is 3. The molecule has 0 aromatic heterocycles. The fraction of sp³-hybridized carbons (Fsp3) is 0.647. The Labute approximate surface area is 122 Å². The summed E-state index contributed by atoms with van der Waals surface area (Å²) >= 11 is 0. The highest BCUT2D eigenvalue weighted by molar-refractivity contribution is 5.23. The van der Waals surface area contributed by atoms with Crippen LogP contribution in [0.5, 0.6) is 0 Å². The molecule has 0 radical (unpaired) electrons. The molecule has 0 amide bonds. The van der Waals surface area contributed by atoms with Gasteiger partial charge >= 0.3 is 0 Å². The standard InChI is InChI=1S/C17H29NO2/c1-14(2)4-3-5-15-6-8-16(9-7-15)10-11-17(18,12-19)13-20/h6-9,14,19-20H,3-5,10-13,18H2,1-2H3. The van der Waals surface area contributed by atoms with Crippen molar-refractivity contribution in [2.24, 2.45) is 11.7 Å². The highest BCUT2D eigenvalue weighted by Crippen LogP contribution is 2.14. The summed E-state index contributed by atoms with van der Waals surface area (Å²) < 4.78 is 0. The van der Waals surface area contributed by atoms with Gasteiger partial charge in [-0.05, 0) is 42.7 Å². The van der Waals surface area contributed by atoms with Crippen molar-refractivity contribution in [2.45, 2.75) is 51.5 Å². The molecule has 1 aromatic rings. The molecule has 0 atom stereocenters. The van der Waals surface area contributed by atoms with Gasteiger partial charge in [0, 0.05) is 0 Å². The van der Waals surface area contributed by atoms with Crippen LogP contribution in [0.3, 0.4) is 0 Å². The summed E-state index contributed by atoms with van der Waals surface area (Å²) in [5.74, 6) is 0.768. The highest BCUT2D eigenvalue weighted by atomic mass is 16.3. The fourth-order valence-corrected chi connectivity index (χ4v) is 2.19. The largest absolute Gasteiger partial charge is 0.394 e. The third-order valence-corrected chi connectivity index (χ3v) is 3.81. The molecule has 0 unspecified atom stereocenters. The van der Waals surface area contributed by atoms with Gasteiger partial charge in [-0.2, -0.15) is 0 Å². The molecule has 20 heavy (non-hydrogen) atoms. The molecule has 0 saturated heterocycles. The predicted octanol–water partition coefficient (Wildman–Crippen LogP) is 2.28. The van der Waals surface area contributed by atoms with Gasteiger partial charge in [0.15, 0.2) is 0 Å². The van der Waals surface area contributed by atoms with E-state index < -0.39 is 5.54 Å². The molecular weight excluding hydrogens is 250 g/mol. The number of aryl methyl sites for hydroxylation is 2. The van der Waals surface area contributed by atoms with Crippen LogP contribution in [-0.4, -0.2) is 29.0 Å². The lowest BCUT2D eigenvalue weighted by Crippen LogP contribution is -2.47. The minimum atomic E-state index is -0.865. The molecule has 0 fully saturated rings. The summed E-state index contributed by atoms with van der Waals surface area (Å²) in [5.41, 5.74) is 7.58. The minimum absolute atomic E-state index is 0.184. The molecule has 3 nitrogen and oxygen atoms in total. The van der Waals surface area contributed by atoms with Gasteiger partial charge in [0.25, 0.3) is 0 Å². The molecule has 1 aromatic carbocycles. The van der Waals surface area contributed by atoms with Crippen LogP contribution in [0.2, 0.25) is 0 Å². The number of aliphatic hydroxyl groups excluding tert-OH is 2. The monoisotopic (exact) mass is 279 g/mol. The topological polar surface area (TPSA) is 66.5 Å². The minimum Gasteiger partial charge on any atom is -0.394 e. The number of nitrogens with two attached hydrogens (primary N) is 1. The smallest absolute Gasteiger partial charge is 0.0633 e. The third kappa shape index (κ3) is 6.04. The number of aliphatic hydroxyl groups is 2. The van der Waals surface area contributed by atoms with E-state index in [2.05, 4.69) is 38.1 Å². The van der Waals surface area contributed by atoms with Crippen LogP contribution in [0.4, 0.5) is 0 Å². The van der Waals surface area contributed by atoms with Crippen LogP contribution < -0.4 is 5.73 Å². The number of rotatable bonds is 9. The first-order valence-electron chi connectivity index (χ1n) is 7.57. The average molecular weight is 279 g/mol. The van der Waals surface area contributed by atoms with E-state index in [-0.39, 0.29) is 13.2 Å². The Morgan fingerprint density at radius 2 is 1.50 bits per heavy atom. The molecular formula is C17H29NO2. The summed E-state index contributed by atoms with van der Waals surface area (Å²) in [5, 5.41) is 18.3. The van der Waals surface area contributed by atoms with Crippen molar-refractivity contribution in [3.05, 3.63) is 35.4 Å². The summed E-state index contributed by atoms with van der Waals surface area (Å²) in [6.45, 7) is 4.14. The maximum atomic E-state index is 9.16. The molecule has 0 aliphatic heterocycles. The van der Waals surface area contributed by atoms with Gasteiger partial charge in [0.1, 0.15) is 0 Å². The van der Waals surface area contributed by atoms with Gasteiger partial charge < -0.3 is 15.9 Å². The molecule has 114 valence electrons. The van der Waals surface area contributed by atoms with Gasteiger partial charge in [-0.25, -0.2) is 0 Å². The Balaban J connectivity index is 2.42. The van der Waals surface area contributed by atoms with Crippen molar-refractivity contribution in [3.8, 4) is 0 Å². The molecule has 4 N–H and O–H groups in total. The second-order valence-corrected chi connectivity index (χ2v) is 6.28. The summed E-state index contributed by atoms with van der Waals surface area (Å²) in [7, 11) is 0. The van der Waals surface area contributed by atoms with Crippen molar-refractivity contribution < 1.29 is 10.2 Å². The van der Waals surface area contributed by atoms with Crippen molar-refractivity contribution in [3.63, 3.8) is 0 Å². The van der Waals surface area contributed by atoms with Gasteiger partial charge in [-0.15, -0.1) is 0 Å². The summed E-state index contributed by atoms with van der Waals surface area (Å²) in [6.07, 6.45) is 5.01. The summed E-state index contributed by atoms with van der Waals surface area (Å²) in [6, 6.07) is 8.59. The maximum Gasteiger partial charge on any atom is 0.0633 e. The Morgan fingerprint density at radius 1 is 1.00 bits per heavy atom. The van der Waals surface area contributed by atoms with Gasteiger partial charge in [-0.1, -0.05) is 44.5 Å². The van der Waals surface area contributed by atoms with E-state index in [0.29, 0.717) is 6.42 Å². The van der Waals surface area contributed by atoms with E-state index in [1.165, 1.54) is 24.0 Å². The predicted molar refractivity (Wildman–Crippen MR) is 83.6 cm³/mol. The van der Waals surface area contributed by atoms with Crippen molar-refractivity contribution in [1.29, 1.82) is 0 Å². The Bertz CT molecular complexity index is 369. The van der Waals surface area contributed by atoms with Crippen LogP contribution in [0, 0.1) is 5.92 Å². The lowest BCUT2D eigenvalue weighted by atomic mass is 9.93. The number of benzene rings is 1. The molecule has 0 saturated carbocycles. The lowest BCUT2D eigenvalue weighted by molar-refractivity contribution is 0.115. The molecule has 0 bridgehead atoms. The van der Waals surface area contributed by atoms with Crippen molar-refractivity contribution in [1.82, 2.24) is 0 Å². The number of hydrogen-bond acceptors (Lipinski definition) is 3. The van der Waals surface area contributed by atoms with E-state index in [4.69, 9.17) is 15.9 Å². The highest BCUT2D eigenvalue weighted by Gasteiger charge is 2.22. The van der Waals surface area contributed by atoms with E-state index in [0.717, 1.165) is 18.8 Å². The molecule has 0 aliphatic carbocycles. The first-order chi connectivity index (χ1) is 9.49. The zero-order valence-electron chi connectivity index (χ0n) is 12.8. The quantitative estimate of drug-likeness (QED) is 0.649. The lowest BCUT2D eigenvalue weighted by Gasteiger charge is -2.24. The summed E-state index contributed by atoms with van der Waals surface area (Å²) in [4.78, 5) is 0. The van der Waals surface area contributed by atoms with Crippen molar-refractivity contribution >= 4 is 0 Å². The first kappa shape index (κ1) is 17.2. The van der Waals surface area contributed by atoms with Crippen LogP contribution in [0.25, 0.3) is 0 Å². The molecule has 0 aliphatic rings. The van der Waals surface area contributed by atoms with Gasteiger partial charge in [-0.3, -0.25) is 0 Å². The SMILES string of the molecule is CC(C)CCCc1ccc(CCC(N)(CO)CO)cc1.